The Morgan fingerprint density at radius 2 is 1.78 bits per heavy atom. The first-order valence-corrected chi connectivity index (χ1v) is 13.3. The Morgan fingerprint density at radius 3 is 2.47 bits per heavy atom. The molecule has 0 spiro atoms. The maximum atomic E-state index is 13.3. The molecular formula is C27H44N7O2+. The second-order valence-corrected chi connectivity index (χ2v) is 10.5. The number of para-hydroxylation sites is 1. The molecule has 1 aromatic heterocycles. The maximum absolute atomic E-state index is 13.3. The standard InChI is InChI=1S/C27H43N7O2/c1-34(15-12-28,16-13-29)14-6-10-23(30)26(35)33-25(17-20-7-2-3-8-20)27(36)32-22-18-21-9-4-5-11-24(21)31-19-22/h4-5,9,11,18-20,23,25H,2-3,6-8,10,12-17,28-30H2,1H3,(H-,32,33,35,36)/p+1/t23?,25-/m0/s1. The van der Waals surface area contributed by atoms with Crippen LogP contribution in [0.4, 0.5) is 5.69 Å². The van der Waals surface area contributed by atoms with Crippen LogP contribution in [-0.2, 0) is 9.59 Å². The number of benzene rings is 1. The predicted octanol–water partition coefficient (Wildman–Crippen LogP) is 1.71. The molecule has 9 heteroatoms. The summed E-state index contributed by atoms with van der Waals surface area (Å²) in [4.78, 5) is 30.7. The number of nitrogens with two attached hydrogens (primary N) is 3. The fourth-order valence-electron chi connectivity index (χ4n) is 5.24. The van der Waals surface area contributed by atoms with Crippen molar-refractivity contribution in [2.75, 3.05) is 45.1 Å². The summed E-state index contributed by atoms with van der Waals surface area (Å²) in [6, 6.07) is 8.36. The number of fused-ring (bicyclic) bond motifs is 1. The lowest BCUT2D eigenvalue weighted by atomic mass is 9.97. The number of hydrogen-bond acceptors (Lipinski definition) is 6. The number of nitrogens with zero attached hydrogens (tertiary/aromatic N) is 2. The van der Waals surface area contributed by atoms with E-state index in [1.807, 2.05) is 30.3 Å². The third-order valence-electron chi connectivity index (χ3n) is 7.42. The quantitative estimate of drug-likeness (QED) is 0.250. The highest BCUT2D eigenvalue weighted by atomic mass is 16.2. The van der Waals surface area contributed by atoms with Crippen molar-refractivity contribution in [1.29, 1.82) is 0 Å². The number of aromatic nitrogens is 1. The molecule has 1 heterocycles. The lowest BCUT2D eigenvalue weighted by Crippen LogP contribution is -2.52. The summed E-state index contributed by atoms with van der Waals surface area (Å²) in [6.07, 6.45) is 8.11. The molecular weight excluding hydrogens is 454 g/mol. The van der Waals surface area contributed by atoms with Crippen LogP contribution in [0.5, 0.6) is 0 Å². The Balaban J connectivity index is 1.60. The minimum absolute atomic E-state index is 0.227. The Morgan fingerprint density at radius 1 is 1.08 bits per heavy atom. The van der Waals surface area contributed by atoms with Crippen LogP contribution in [0.1, 0.15) is 44.9 Å². The summed E-state index contributed by atoms with van der Waals surface area (Å²) in [5.41, 5.74) is 19.3. The van der Waals surface area contributed by atoms with E-state index >= 15 is 0 Å². The molecule has 1 saturated carbocycles. The van der Waals surface area contributed by atoms with Crippen molar-refractivity contribution in [2.24, 2.45) is 23.1 Å². The molecule has 1 aromatic carbocycles. The van der Waals surface area contributed by atoms with Gasteiger partial charge in [-0.2, -0.15) is 0 Å². The lowest BCUT2D eigenvalue weighted by molar-refractivity contribution is -0.907. The molecule has 198 valence electrons. The SMILES string of the molecule is C[N+](CCN)(CCN)CCCC(N)C(=O)N[C@@H](CC1CCCC1)C(=O)Nc1cnc2ccccc2c1. The molecule has 36 heavy (non-hydrogen) atoms. The number of rotatable bonds is 14. The van der Waals surface area contributed by atoms with Crippen molar-refractivity contribution in [3.63, 3.8) is 0 Å². The van der Waals surface area contributed by atoms with Gasteiger partial charge in [-0.05, 0) is 37.3 Å². The largest absolute Gasteiger partial charge is 0.343 e. The molecule has 0 aliphatic heterocycles. The highest BCUT2D eigenvalue weighted by Crippen LogP contribution is 2.29. The maximum Gasteiger partial charge on any atom is 0.247 e. The molecule has 0 saturated heterocycles. The fraction of sp³-hybridized carbons (Fsp3) is 0.593. The van der Waals surface area contributed by atoms with E-state index in [0.717, 1.165) is 54.3 Å². The Labute approximate surface area is 214 Å². The van der Waals surface area contributed by atoms with Crippen LogP contribution in [0.15, 0.2) is 36.5 Å². The van der Waals surface area contributed by atoms with Gasteiger partial charge in [-0.3, -0.25) is 14.6 Å². The highest BCUT2D eigenvalue weighted by molar-refractivity contribution is 5.98. The van der Waals surface area contributed by atoms with E-state index < -0.39 is 12.1 Å². The topological polar surface area (TPSA) is 149 Å². The van der Waals surface area contributed by atoms with E-state index in [1.54, 1.807) is 6.20 Å². The van der Waals surface area contributed by atoms with Crippen molar-refractivity contribution in [3.05, 3.63) is 36.5 Å². The summed E-state index contributed by atoms with van der Waals surface area (Å²) in [5, 5.41) is 6.87. The number of quaternary nitrogens is 1. The first-order valence-electron chi connectivity index (χ1n) is 13.3. The average Bonchev–Trinajstić information content (AvgIpc) is 3.37. The van der Waals surface area contributed by atoms with Crippen molar-refractivity contribution < 1.29 is 14.1 Å². The van der Waals surface area contributed by atoms with Gasteiger partial charge in [0.15, 0.2) is 0 Å². The first kappa shape index (κ1) is 28.0. The van der Waals surface area contributed by atoms with E-state index in [9.17, 15) is 9.59 Å². The van der Waals surface area contributed by atoms with Gasteiger partial charge in [0.25, 0.3) is 0 Å². The van der Waals surface area contributed by atoms with Crippen LogP contribution in [0.2, 0.25) is 0 Å². The lowest BCUT2D eigenvalue weighted by Gasteiger charge is -2.34. The van der Waals surface area contributed by atoms with E-state index in [4.69, 9.17) is 17.2 Å². The van der Waals surface area contributed by atoms with E-state index in [2.05, 4.69) is 22.7 Å². The summed E-state index contributed by atoms with van der Waals surface area (Å²) in [6.45, 7) is 3.72. The van der Waals surface area contributed by atoms with Gasteiger partial charge in [0.05, 0.1) is 50.1 Å². The molecule has 2 amide bonds. The predicted molar refractivity (Wildman–Crippen MR) is 145 cm³/mol. The third kappa shape index (κ3) is 8.23. The molecule has 9 nitrogen and oxygen atoms in total. The number of nitrogens with one attached hydrogen (secondary N) is 2. The number of pyridine rings is 1. The van der Waals surface area contributed by atoms with Crippen LogP contribution in [0.25, 0.3) is 10.9 Å². The van der Waals surface area contributed by atoms with Gasteiger partial charge < -0.3 is 32.3 Å². The zero-order valence-electron chi connectivity index (χ0n) is 21.6. The third-order valence-corrected chi connectivity index (χ3v) is 7.42. The summed E-state index contributed by atoms with van der Waals surface area (Å²) >= 11 is 0. The monoisotopic (exact) mass is 498 g/mol. The molecule has 3 rings (SSSR count). The van der Waals surface area contributed by atoms with Gasteiger partial charge in [0.1, 0.15) is 6.04 Å². The molecule has 1 aliphatic rings. The Kier molecular flexibility index (Phi) is 10.6. The van der Waals surface area contributed by atoms with Gasteiger partial charge in [0, 0.05) is 18.5 Å². The number of carbonyl (C=O) groups is 2. The van der Waals surface area contributed by atoms with Crippen LogP contribution in [0.3, 0.4) is 0 Å². The number of carbonyl (C=O) groups excluding carboxylic acids is 2. The number of likely N-dealkylation sites (N-methyl/N-ethyl adjacent to an activating group) is 1. The van der Waals surface area contributed by atoms with E-state index in [1.165, 1.54) is 12.8 Å². The summed E-state index contributed by atoms with van der Waals surface area (Å²) in [5.74, 6) is -0.0798. The number of amides is 2. The molecule has 0 bridgehead atoms. The van der Waals surface area contributed by atoms with Gasteiger partial charge in [-0.1, -0.05) is 43.9 Å². The second kappa shape index (κ2) is 13.6. The number of anilines is 1. The molecule has 1 aliphatic carbocycles. The zero-order chi connectivity index (χ0) is 26.0. The van der Waals surface area contributed by atoms with Crippen molar-refractivity contribution in [2.45, 2.75) is 57.0 Å². The smallest absolute Gasteiger partial charge is 0.247 e. The first-order chi connectivity index (χ1) is 17.3. The second-order valence-electron chi connectivity index (χ2n) is 10.5. The highest BCUT2D eigenvalue weighted by Gasteiger charge is 2.29. The van der Waals surface area contributed by atoms with E-state index in [0.29, 0.717) is 37.5 Å². The normalized spacial score (nSPS) is 16.1. The van der Waals surface area contributed by atoms with Crippen LogP contribution in [0, 0.1) is 5.92 Å². The van der Waals surface area contributed by atoms with Crippen LogP contribution < -0.4 is 27.8 Å². The summed E-state index contributed by atoms with van der Waals surface area (Å²) < 4.78 is 0.772. The van der Waals surface area contributed by atoms with Gasteiger partial charge in [0.2, 0.25) is 11.8 Å². The minimum Gasteiger partial charge on any atom is -0.343 e. The van der Waals surface area contributed by atoms with Crippen LogP contribution in [-0.4, -0.2) is 73.1 Å². The van der Waals surface area contributed by atoms with Crippen LogP contribution >= 0.6 is 0 Å². The molecule has 0 radical (unpaired) electrons. The van der Waals surface area contributed by atoms with Gasteiger partial charge >= 0.3 is 0 Å². The molecule has 2 atom stereocenters. The fourth-order valence-corrected chi connectivity index (χ4v) is 5.24. The molecule has 8 N–H and O–H groups in total. The summed E-state index contributed by atoms with van der Waals surface area (Å²) in [7, 11) is 2.13. The van der Waals surface area contributed by atoms with E-state index in [-0.39, 0.29) is 11.8 Å². The van der Waals surface area contributed by atoms with Crippen molar-refractivity contribution >= 4 is 28.4 Å². The number of hydrogen-bond donors (Lipinski definition) is 5. The van der Waals surface area contributed by atoms with Gasteiger partial charge in [-0.25, -0.2) is 0 Å². The van der Waals surface area contributed by atoms with Gasteiger partial charge in [-0.15, -0.1) is 0 Å². The minimum atomic E-state index is -0.671. The molecule has 2 aromatic rings. The molecule has 1 fully saturated rings. The Hall–Kier alpha value is -2.59. The van der Waals surface area contributed by atoms with Crippen molar-refractivity contribution in [1.82, 2.24) is 10.3 Å². The van der Waals surface area contributed by atoms with Crippen molar-refractivity contribution in [3.8, 4) is 0 Å². The molecule has 1 unspecified atom stereocenters. The Bertz CT molecular complexity index is 987. The average molecular weight is 499 g/mol. The zero-order valence-corrected chi connectivity index (χ0v) is 21.6.